The quantitative estimate of drug-likeness (QED) is 0.596. The number of aromatic nitrogens is 1. The molecule has 1 heterocycles. The lowest BCUT2D eigenvalue weighted by atomic mass is 10.1. The van der Waals surface area contributed by atoms with Gasteiger partial charge in [-0.15, -0.1) is 0 Å². The number of benzene rings is 2. The molecule has 6 nitrogen and oxygen atoms in total. The minimum absolute atomic E-state index is 0.145. The highest BCUT2D eigenvalue weighted by molar-refractivity contribution is 7.89. The number of hydrogen-bond acceptors (Lipinski definition) is 3. The summed E-state index contributed by atoms with van der Waals surface area (Å²) in [6.45, 7) is 4.81. The topological polar surface area (TPSA) is 62.6 Å². The lowest BCUT2D eigenvalue weighted by Crippen LogP contribution is -2.30. The highest BCUT2D eigenvalue weighted by atomic mass is 32.2. The number of hydrogen-bond donors (Lipinski definition) is 0. The first-order chi connectivity index (χ1) is 13.8. The first-order valence-corrected chi connectivity index (χ1v) is 11.1. The van der Waals surface area contributed by atoms with Crippen molar-refractivity contribution in [3.8, 4) is 0 Å². The largest absolute Gasteiger partial charge is 0.345 e. The monoisotopic (exact) mass is 413 g/mol. The molecule has 0 saturated carbocycles. The molecule has 29 heavy (non-hydrogen) atoms. The number of sulfonamides is 1. The molecule has 0 atom stereocenters. The molecule has 3 aromatic rings. The van der Waals surface area contributed by atoms with E-state index < -0.39 is 10.0 Å². The Bertz CT molecular complexity index is 1130. The maximum atomic E-state index is 13.0. The van der Waals surface area contributed by atoms with Crippen LogP contribution in [0.3, 0.4) is 0 Å². The summed E-state index contributed by atoms with van der Waals surface area (Å²) in [5, 5.41) is 2.27. The summed E-state index contributed by atoms with van der Waals surface area (Å²) < 4.78 is 28.5. The highest BCUT2D eigenvalue weighted by Crippen LogP contribution is 2.21. The van der Waals surface area contributed by atoms with Gasteiger partial charge in [0.25, 0.3) is 5.91 Å². The molecule has 0 spiro atoms. The van der Waals surface area contributed by atoms with E-state index in [1.54, 1.807) is 37.4 Å². The Hall–Kier alpha value is -2.64. The summed E-state index contributed by atoms with van der Waals surface area (Å²) in [5.41, 5.74) is 1.36. The molecule has 7 heteroatoms. The summed E-state index contributed by atoms with van der Waals surface area (Å²) in [6, 6.07) is 15.7. The van der Waals surface area contributed by atoms with Gasteiger partial charge in [0.15, 0.2) is 0 Å². The van der Waals surface area contributed by atoms with E-state index in [0.29, 0.717) is 25.3 Å². The van der Waals surface area contributed by atoms with Crippen LogP contribution in [-0.4, -0.2) is 48.2 Å². The Morgan fingerprint density at radius 3 is 2.31 bits per heavy atom. The lowest BCUT2D eigenvalue weighted by molar-refractivity contribution is 0.0775. The van der Waals surface area contributed by atoms with Crippen LogP contribution in [0.4, 0.5) is 0 Å². The van der Waals surface area contributed by atoms with Gasteiger partial charge in [0.05, 0.1) is 0 Å². The van der Waals surface area contributed by atoms with Crippen LogP contribution in [0.1, 0.15) is 29.9 Å². The van der Waals surface area contributed by atoms with Gasteiger partial charge in [0, 0.05) is 39.9 Å². The van der Waals surface area contributed by atoms with E-state index in [4.69, 9.17) is 0 Å². The van der Waals surface area contributed by atoms with Crippen molar-refractivity contribution < 1.29 is 13.2 Å². The molecule has 0 saturated heterocycles. The van der Waals surface area contributed by atoms with Crippen molar-refractivity contribution in [2.45, 2.75) is 25.3 Å². The fraction of sp³-hybridized carbons (Fsp3) is 0.318. The zero-order valence-electron chi connectivity index (χ0n) is 17.3. The molecular formula is C22H27N3O3S. The molecule has 0 N–H and O–H groups in total. The van der Waals surface area contributed by atoms with Crippen LogP contribution >= 0.6 is 0 Å². The van der Waals surface area contributed by atoms with Crippen LogP contribution in [0.5, 0.6) is 0 Å². The number of amides is 1. The number of aryl methyl sites for hydroxylation is 1. The Morgan fingerprint density at radius 1 is 1.00 bits per heavy atom. The van der Waals surface area contributed by atoms with E-state index in [1.807, 2.05) is 30.3 Å². The maximum absolute atomic E-state index is 13.0. The summed E-state index contributed by atoms with van der Waals surface area (Å²) in [4.78, 5) is 14.7. The molecule has 1 amide bonds. The second-order valence-corrected chi connectivity index (χ2v) is 9.04. The van der Waals surface area contributed by atoms with Crippen molar-refractivity contribution >= 4 is 26.7 Å². The first-order valence-electron chi connectivity index (χ1n) is 9.67. The summed E-state index contributed by atoms with van der Waals surface area (Å²) in [7, 11) is -0.185. The number of nitrogens with zero attached hydrogens (tertiary/aromatic N) is 3. The van der Waals surface area contributed by atoms with Gasteiger partial charge < -0.3 is 9.47 Å². The van der Waals surface area contributed by atoms with Crippen molar-refractivity contribution in [1.29, 1.82) is 0 Å². The number of carbonyl (C=O) groups is 1. The van der Waals surface area contributed by atoms with Crippen LogP contribution in [0.2, 0.25) is 0 Å². The van der Waals surface area contributed by atoms with Crippen molar-refractivity contribution in [1.82, 2.24) is 13.8 Å². The Morgan fingerprint density at radius 2 is 1.66 bits per heavy atom. The van der Waals surface area contributed by atoms with Crippen LogP contribution in [-0.2, 0) is 23.6 Å². The number of carbonyl (C=O) groups excluding carboxylic acids is 1. The molecule has 0 unspecified atom stereocenters. The fourth-order valence-corrected chi connectivity index (χ4v) is 5.01. The summed E-state index contributed by atoms with van der Waals surface area (Å²) >= 11 is 0. The van der Waals surface area contributed by atoms with Crippen molar-refractivity contribution in [3.63, 3.8) is 0 Å². The second kappa shape index (κ2) is 8.39. The normalized spacial score (nSPS) is 11.9. The minimum Gasteiger partial charge on any atom is -0.345 e. The zero-order chi connectivity index (χ0) is 21.2. The van der Waals surface area contributed by atoms with Crippen LogP contribution < -0.4 is 0 Å². The van der Waals surface area contributed by atoms with Gasteiger partial charge in [-0.3, -0.25) is 4.79 Å². The van der Waals surface area contributed by atoms with Gasteiger partial charge in [0.2, 0.25) is 10.0 Å². The molecule has 0 bridgehead atoms. The van der Waals surface area contributed by atoms with Crippen LogP contribution in [0, 0.1) is 0 Å². The van der Waals surface area contributed by atoms with Crippen molar-refractivity contribution in [2.75, 3.05) is 20.1 Å². The van der Waals surface area contributed by atoms with E-state index in [1.165, 1.54) is 16.6 Å². The molecule has 0 aliphatic rings. The smallest absolute Gasteiger partial charge is 0.270 e. The SMILES string of the molecule is CCN(CC)S(=O)(=O)c1cc(C(=O)N(C)Cc2ccc3ccccc3c2)n(C)c1. The third-order valence-electron chi connectivity index (χ3n) is 5.12. The van der Waals surface area contributed by atoms with Crippen molar-refractivity contribution in [3.05, 3.63) is 66.0 Å². The molecule has 0 aliphatic carbocycles. The van der Waals surface area contributed by atoms with E-state index in [0.717, 1.165) is 16.3 Å². The number of rotatable bonds is 7. The van der Waals surface area contributed by atoms with Gasteiger partial charge >= 0.3 is 0 Å². The number of fused-ring (bicyclic) bond motifs is 1. The Balaban J connectivity index is 1.83. The molecule has 2 aromatic carbocycles. The zero-order valence-corrected chi connectivity index (χ0v) is 18.1. The fourth-order valence-electron chi connectivity index (χ4n) is 3.48. The van der Waals surface area contributed by atoms with Crippen LogP contribution in [0.15, 0.2) is 59.6 Å². The first kappa shape index (κ1) is 21.1. The van der Waals surface area contributed by atoms with E-state index in [9.17, 15) is 13.2 Å². The molecule has 154 valence electrons. The Kier molecular flexibility index (Phi) is 6.10. The standard InChI is InChI=1S/C22H27N3O3S/c1-5-25(6-2)29(27,28)20-14-21(23(3)16-20)22(26)24(4)15-17-11-12-18-9-7-8-10-19(18)13-17/h7-14,16H,5-6,15H2,1-4H3. The van der Waals surface area contributed by atoms with Gasteiger partial charge in [-0.2, -0.15) is 4.31 Å². The van der Waals surface area contributed by atoms with E-state index in [2.05, 4.69) is 12.1 Å². The third kappa shape index (κ3) is 4.21. The Labute approximate surface area is 172 Å². The lowest BCUT2D eigenvalue weighted by Gasteiger charge is -2.18. The molecule has 0 aliphatic heterocycles. The molecule has 3 rings (SSSR count). The summed E-state index contributed by atoms with van der Waals surface area (Å²) in [5.74, 6) is -0.221. The van der Waals surface area contributed by atoms with E-state index >= 15 is 0 Å². The predicted octanol–water partition coefficient (Wildman–Crippen LogP) is 3.48. The van der Waals surface area contributed by atoms with Crippen molar-refractivity contribution in [2.24, 2.45) is 7.05 Å². The third-order valence-corrected chi connectivity index (χ3v) is 7.14. The molecular weight excluding hydrogens is 386 g/mol. The summed E-state index contributed by atoms with van der Waals surface area (Å²) in [6.07, 6.45) is 1.50. The molecule has 0 fully saturated rings. The molecule has 1 aromatic heterocycles. The average molecular weight is 414 g/mol. The highest BCUT2D eigenvalue weighted by Gasteiger charge is 2.26. The average Bonchev–Trinajstić information content (AvgIpc) is 3.10. The minimum atomic E-state index is -3.60. The van der Waals surface area contributed by atoms with Gasteiger partial charge in [-0.25, -0.2) is 8.42 Å². The maximum Gasteiger partial charge on any atom is 0.270 e. The van der Waals surface area contributed by atoms with Gasteiger partial charge in [-0.1, -0.05) is 50.2 Å². The predicted molar refractivity (Wildman–Crippen MR) is 115 cm³/mol. The van der Waals surface area contributed by atoms with E-state index in [-0.39, 0.29) is 10.8 Å². The molecule has 0 radical (unpaired) electrons. The van der Waals surface area contributed by atoms with Gasteiger partial charge in [-0.05, 0) is 28.5 Å². The second-order valence-electron chi connectivity index (χ2n) is 7.10. The van der Waals surface area contributed by atoms with Gasteiger partial charge in [0.1, 0.15) is 10.6 Å². The van der Waals surface area contributed by atoms with Crippen LogP contribution in [0.25, 0.3) is 10.8 Å².